The third-order valence-electron chi connectivity index (χ3n) is 4.28. The summed E-state index contributed by atoms with van der Waals surface area (Å²) in [5, 5.41) is 22.0. The Bertz CT molecular complexity index is 707. The second-order valence-electron chi connectivity index (χ2n) is 5.96. The lowest BCUT2D eigenvalue weighted by Gasteiger charge is -2.37. The van der Waals surface area contributed by atoms with E-state index in [4.69, 9.17) is 24.4 Å². The Labute approximate surface area is 138 Å². The number of hydrogen-bond donors (Lipinski definition) is 2. The second-order valence-corrected chi connectivity index (χ2v) is 6.73. The lowest BCUT2D eigenvalue weighted by Crippen LogP contribution is -2.60. The van der Waals surface area contributed by atoms with E-state index in [0.717, 1.165) is 0 Å². The lowest BCUT2D eigenvalue weighted by atomic mass is 9.91. The lowest BCUT2D eigenvalue weighted by molar-refractivity contribution is -0.384. The molecule has 2 aliphatic rings. The molecule has 1 aromatic rings. The van der Waals surface area contributed by atoms with Crippen LogP contribution in [-0.4, -0.2) is 31.4 Å². The summed E-state index contributed by atoms with van der Waals surface area (Å²) < 4.78 is 0. The smallest absolute Gasteiger partial charge is 0.271 e. The third-order valence-corrected chi connectivity index (χ3v) is 4.83. The zero-order valence-electron chi connectivity index (χ0n) is 12.3. The number of hydrogen-bond acceptors (Lipinski definition) is 4. The first kappa shape index (κ1) is 14.9. The van der Waals surface area contributed by atoms with Crippen LogP contribution in [0.5, 0.6) is 0 Å². The molecule has 0 radical (unpaired) electrons. The molecule has 0 saturated carbocycles. The highest BCUT2D eigenvalue weighted by Gasteiger charge is 2.60. The van der Waals surface area contributed by atoms with E-state index >= 15 is 0 Å². The molecule has 116 valence electrons. The van der Waals surface area contributed by atoms with Crippen molar-refractivity contribution in [3.63, 3.8) is 0 Å². The topological polar surface area (TPSA) is 73.7 Å². The summed E-state index contributed by atoms with van der Waals surface area (Å²) in [4.78, 5) is 10.6. The van der Waals surface area contributed by atoms with E-state index in [1.807, 2.05) is 25.8 Å². The zero-order valence-corrected chi connectivity index (χ0v) is 13.9. The van der Waals surface area contributed by atoms with Crippen molar-refractivity contribution >= 4 is 46.0 Å². The van der Waals surface area contributed by atoms with Gasteiger partial charge in [0.15, 0.2) is 15.9 Å². The molecule has 0 amide bonds. The molecule has 1 aromatic carbocycles. The van der Waals surface area contributed by atoms with Crippen molar-refractivity contribution in [1.82, 2.24) is 15.6 Å². The Hall–Kier alpha value is -2.00. The first-order valence-corrected chi connectivity index (χ1v) is 7.48. The van der Waals surface area contributed by atoms with E-state index in [2.05, 4.69) is 10.6 Å². The number of thiocarbonyl (C=S) groups is 2. The van der Waals surface area contributed by atoms with E-state index in [-0.39, 0.29) is 11.2 Å². The number of anilines is 1. The summed E-state index contributed by atoms with van der Waals surface area (Å²) >= 11 is 10.9. The van der Waals surface area contributed by atoms with Crippen LogP contribution in [0.4, 0.5) is 11.4 Å². The van der Waals surface area contributed by atoms with Gasteiger partial charge in [-0.1, -0.05) is 6.07 Å². The van der Waals surface area contributed by atoms with Crippen LogP contribution in [0.25, 0.3) is 0 Å². The molecule has 2 fully saturated rings. The van der Waals surface area contributed by atoms with Gasteiger partial charge in [-0.05, 0) is 51.3 Å². The fourth-order valence-electron chi connectivity index (χ4n) is 2.73. The highest BCUT2D eigenvalue weighted by molar-refractivity contribution is 7.81. The first-order chi connectivity index (χ1) is 10.2. The van der Waals surface area contributed by atoms with Crippen LogP contribution in [0.2, 0.25) is 0 Å². The van der Waals surface area contributed by atoms with E-state index in [0.29, 0.717) is 15.9 Å². The predicted molar refractivity (Wildman–Crippen MR) is 91.4 cm³/mol. The van der Waals surface area contributed by atoms with Gasteiger partial charge in [0.2, 0.25) is 0 Å². The molecule has 7 nitrogen and oxygen atoms in total. The molecule has 22 heavy (non-hydrogen) atoms. The summed E-state index contributed by atoms with van der Waals surface area (Å²) in [7, 11) is 0. The largest absolute Gasteiger partial charge is 0.352 e. The van der Waals surface area contributed by atoms with Gasteiger partial charge in [0, 0.05) is 12.1 Å². The third kappa shape index (κ3) is 1.85. The molecule has 0 aromatic heterocycles. The van der Waals surface area contributed by atoms with Crippen molar-refractivity contribution in [3.8, 4) is 0 Å². The number of hydrazine groups is 1. The minimum atomic E-state index is -0.550. The van der Waals surface area contributed by atoms with Crippen molar-refractivity contribution < 1.29 is 4.92 Å². The molecule has 2 saturated heterocycles. The van der Waals surface area contributed by atoms with E-state index in [1.54, 1.807) is 17.1 Å². The normalized spacial score (nSPS) is 25.8. The zero-order chi connectivity index (χ0) is 16.3. The van der Waals surface area contributed by atoms with Crippen LogP contribution in [0.3, 0.4) is 0 Å². The summed E-state index contributed by atoms with van der Waals surface area (Å²) in [6.45, 7) is 6.03. The number of nitrogens with zero attached hydrogens (tertiary/aromatic N) is 3. The predicted octanol–water partition coefficient (Wildman–Crippen LogP) is 1.89. The summed E-state index contributed by atoms with van der Waals surface area (Å²) in [6, 6.07) is 6.32. The van der Waals surface area contributed by atoms with Crippen LogP contribution in [-0.2, 0) is 0 Å². The Kier molecular flexibility index (Phi) is 3.05. The number of fused-ring (bicyclic) bond motifs is 1. The first-order valence-electron chi connectivity index (χ1n) is 6.66. The Balaban J connectivity index is 2.09. The van der Waals surface area contributed by atoms with Crippen LogP contribution >= 0.6 is 24.4 Å². The fraction of sp³-hybridized carbons (Fsp3) is 0.385. The minimum Gasteiger partial charge on any atom is -0.352 e. The van der Waals surface area contributed by atoms with Crippen molar-refractivity contribution in [1.29, 1.82) is 0 Å². The van der Waals surface area contributed by atoms with Gasteiger partial charge in [0.05, 0.1) is 16.1 Å². The van der Waals surface area contributed by atoms with E-state index < -0.39 is 10.6 Å². The SMILES string of the molecule is CC1(C)NC(=S)N2N(c3cccc([N+](=O)[O-])c3)C(=S)NC21C. The van der Waals surface area contributed by atoms with Gasteiger partial charge in [0.25, 0.3) is 5.69 Å². The van der Waals surface area contributed by atoms with Crippen LogP contribution in [0, 0.1) is 10.1 Å². The number of non-ortho nitro benzene ring substituents is 1. The second kappa shape index (κ2) is 4.50. The van der Waals surface area contributed by atoms with Gasteiger partial charge < -0.3 is 10.6 Å². The van der Waals surface area contributed by atoms with Crippen LogP contribution in [0.15, 0.2) is 24.3 Å². The molecule has 2 heterocycles. The molecule has 9 heteroatoms. The van der Waals surface area contributed by atoms with Gasteiger partial charge in [-0.2, -0.15) is 0 Å². The monoisotopic (exact) mass is 337 g/mol. The standard InChI is InChI=1S/C13H15N5O2S2/c1-12(2)13(3)15-10(21)16(17(13)11(22)14-12)8-5-4-6-9(7-8)18(19)20/h4-7H,1-3H3,(H,14,22)(H,15,21). The molecule has 1 unspecified atom stereocenters. The van der Waals surface area contributed by atoms with E-state index in [1.165, 1.54) is 12.1 Å². The average Bonchev–Trinajstić information content (AvgIpc) is 2.79. The molecule has 2 N–H and O–H groups in total. The quantitative estimate of drug-likeness (QED) is 0.481. The Morgan fingerprint density at radius 2 is 1.86 bits per heavy atom. The van der Waals surface area contributed by atoms with Crippen LogP contribution in [0.1, 0.15) is 20.8 Å². The molecular formula is C13H15N5O2S2. The summed E-state index contributed by atoms with van der Waals surface area (Å²) in [5.41, 5.74) is -0.307. The van der Waals surface area contributed by atoms with Gasteiger partial charge in [-0.25, -0.2) is 10.0 Å². The summed E-state index contributed by atoms with van der Waals surface area (Å²) in [6.07, 6.45) is 0. The van der Waals surface area contributed by atoms with Crippen molar-refractivity contribution in [3.05, 3.63) is 34.4 Å². The fourth-order valence-corrected chi connectivity index (χ4v) is 3.64. The molecule has 2 aliphatic heterocycles. The molecule has 3 rings (SSSR count). The number of nitro benzene ring substituents is 1. The Morgan fingerprint density at radius 1 is 1.18 bits per heavy atom. The summed E-state index contributed by atoms with van der Waals surface area (Å²) in [5.74, 6) is 0. The van der Waals surface area contributed by atoms with Gasteiger partial charge in [0.1, 0.15) is 0 Å². The highest BCUT2D eigenvalue weighted by atomic mass is 32.1. The minimum absolute atomic E-state index is 0.00578. The van der Waals surface area contributed by atoms with Crippen LogP contribution < -0.4 is 15.6 Å². The molecule has 0 aliphatic carbocycles. The maximum atomic E-state index is 11.0. The van der Waals surface area contributed by atoms with Gasteiger partial charge >= 0.3 is 0 Å². The molecule has 1 atom stereocenters. The van der Waals surface area contributed by atoms with E-state index in [9.17, 15) is 10.1 Å². The van der Waals surface area contributed by atoms with Crippen molar-refractivity contribution in [2.24, 2.45) is 0 Å². The Morgan fingerprint density at radius 3 is 2.50 bits per heavy atom. The van der Waals surface area contributed by atoms with Crippen molar-refractivity contribution in [2.75, 3.05) is 5.01 Å². The average molecular weight is 337 g/mol. The number of benzene rings is 1. The van der Waals surface area contributed by atoms with Gasteiger partial charge in [-0.15, -0.1) is 0 Å². The van der Waals surface area contributed by atoms with Gasteiger partial charge in [-0.3, -0.25) is 10.1 Å². The number of nitrogens with one attached hydrogen (secondary N) is 2. The number of rotatable bonds is 2. The molecule has 0 spiro atoms. The maximum absolute atomic E-state index is 11.0. The molecular weight excluding hydrogens is 322 g/mol. The van der Waals surface area contributed by atoms with Crippen molar-refractivity contribution in [2.45, 2.75) is 32.0 Å². The molecule has 0 bridgehead atoms. The maximum Gasteiger partial charge on any atom is 0.271 e. The highest BCUT2D eigenvalue weighted by Crippen LogP contribution is 2.40. The number of nitro groups is 1.